The fourth-order valence-corrected chi connectivity index (χ4v) is 3.50. The number of rotatable bonds is 4. The van der Waals surface area contributed by atoms with E-state index in [4.69, 9.17) is 16.9 Å². The third-order valence-electron chi connectivity index (χ3n) is 3.77. The highest BCUT2D eigenvalue weighted by molar-refractivity contribution is 7.99. The van der Waals surface area contributed by atoms with Gasteiger partial charge in [0.2, 0.25) is 0 Å². The lowest BCUT2D eigenvalue weighted by molar-refractivity contribution is 0.101. The molecule has 0 fully saturated rings. The first-order valence-corrected chi connectivity index (χ1v) is 8.85. The highest BCUT2D eigenvalue weighted by Gasteiger charge is 2.07. The Bertz CT molecular complexity index is 957. The van der Waals surface area contributed by atoms with Crippen LogP contribution in [0.5, 0.6) is 0 Å². The van der Waals surface area contributed by atoms with E-state index in [0.717, 1.165) is 20.9 Å². The molecule has 0 heterocycles. The van der Waals surface area contributed by atoms with Crippen molar-refractivity contribution >= 4 is 29.1 Å². The summed E-state index contributed by atoms with van der Waals surface area (Å²) < 4.78 is 0. The number of hydrogen-bond donors (Lipinski definition) is 0. The fourth-order valence-electron chi connectivity index (χ4n) is 2.39. The summed E-state index contributed by atoms with van der Waals surface area (Å²) in [5, 5.41) is 9.54. The van der Waals surface area contributed by atoms with E-state index in [0.29, 0.717) is 16.1 Å². The van der Waals surface area contributed by atoms with Gasteiger partial charge < -0.3 is 0 Å². The Morgan fingerprint density at radius 1 is 0.960 bits per heavy atom. The molecular weight excluding hydrogens is 350 g/mol. The van der Waals surface area contributed by atoms with E-state index < -0.39 is 0 Å². The van der Waals surface area contributed by atoms with Crippen LogP contribution in [0.3, 0.4) is 0 Å². The molecule has 0 aliphatic carbocycles. The lowest BCUT2D eigenvalue weighted by atomic mass is 10.0. The van der Waals surface area contributed by atoms with E-state index in [1.165, 1.54) is 0 Å². The maximum absolute atomic E-state index is 11.3. The highest BCUT2D eigenvalue weighted by atomic mass is 35.5. The van der Waals surface area contributed by atoms with E-state index in [9.17, 15) is 4.79 Å². The molecule has 4 heteroatoms. The van der Waals surface area contributed by atoms with Gasteiger partial charge in [0.1, 0.15) is 0 Å². The standard InChI is InChI=1S/C21H14ClNOS/c1-14(24)16-6-9-19(10-7-16)25-21-11-8-18(12-20(21)22)17-4-2-15(13-23)3-5-17/h2-12H,1H3. The predicted octanol–water partition coefficient (Wildman–Crippen LogP) is 6.23. The number of nitriles is 1. The van der Waals surface area contributed by atoms with Crippen LogP contribution in [-0.4, -0.2) is 5.78 Å². The summed E-state index contributed by atoms with van der Waals surface area (Å²) >= 11 is 8.00. The molecular formula is C21H14ClNOS. The summed E-state index contributed by atoms with van der Waals surface area (Å²) in [5.41, 5.74) is 3.36. The van der Waals surface area contributed by atoms with Crippen molar-refractivity contribution < 1.29 is 4.79 Å². The Labute approximate surface area is 156 Å². The summed E-state index contributed by atoms with van der Waals surface area (Å²) in [6.45, 7) is 1.56. The summed E-state index contributed by atoms with van der Waals surface area (Å²) in [7, 11) is 0. The topological polar surface area (TPSA) is 40.9 Å². The lowest BCUT2D eigenvalue weighted by Gasteiger charge is -2.08. The predicted molar refractivity (Wildman–Crippen MR) is 102 cm³/mol. The minimum atomic E-state index is 0.0568. The number of halogens is 1. The van der Waals surface area contributed by atoms with Gasteiger partial charge in [-0.2, -0.15) is 5.26 Å². The van der Waals surface area contributed by atoms with Crippen LogP contribution >= 0.6 is 23.4 Å². The van der Waals surface area contributed by atoms with Crippen LogP contribution < -0.4 is 0 Å². The molecule has 0 saturated heterocycles. The number of carbonyl (C=O) groups is 1. The maximum atomic E-state index is 11.3. The second kappa shape index (κ2) is 7.57. The van der Waals surface area contributed by atoms with Gasteiger partial charge in [-0.05, 0) is 54.4 Å². The molecule has 122 valence electrons. The zero-order chi connectivity index (χ0) is 17.8. The zero-order valence-corrected chi connectivity index (χ0v) is 15.1. The van der Waals surface area contributed by atoms with Crippen LogP contribution in [0.4, 0.5) is 0 Å². The molecule has 0 aromatic heterocycles. The van der Waals surface area contributed by atoms with Gasteiger partial charge in [0.15, 0.2) is 5.78 Å². The number of carbonyl (C=O) groups excluding carboxylic acids is 1. The summed E-state index contributed by atoms with van der Waals surface area (Å²) in [4.78, 5) is 13.3. The van der Waals surface area contributed by atoms with Crippen LogP contribution in [0.1, 0.15) is 22.8 Å². The van der Waals surface area contributed by atoms with Gasteiger partial charge in [0, 0.05) is 15.4 Å². The zero-order valence-electron chi connectivity index (χ0n) is 13.5. The van der Waals surface area contributed by atoms with Crippen molar-refractivity contribution in [1.29, 1.82) is 5.26 Å². The van der Waals surface area contributed by atoms with E-state index in [1.54, 1.807) is 30.8 Å². The van der Waals surface area contributed by atoms with E-state index in [1.807, 2.05) is 54.6 Å². The molecule has 0 radical (unpaired) electrons. The number of ketones is 1. The van der Waals surface area contributed by atoms with Crippen molar-refractivity contribution in [3.63, 3.8) is 0 Å². The average Bonchev–Trinajstić information content (AvgIpc) is 2.64. The second-order valence-corrected chi connectivity index (χ2v) is 7.04. The molecule has 2 nitrogen and oxygen atoms in total. The molecule has 0 N–H and O–H groups in total. The van der Waals surface area contributed by atoms with Crippen molar-refractivity contribution in [2.24, 2.45) is 0 Å². The van der Waals surface area contributed by atoms with Crippen LogP contribution in [-0.2, 0) is 0 Å². The molecule has 0 spiro atoms. The monoisotopic (exact) mass is 363 g/mol. The van der Waals surface area contributed by atoms with Crippen molar-refractivity contribution in [2.45, 2.75) is 16.7 Å². The van der Waals surface area contributed by atoms with E-state index >= 15 is 0 Å². The molecule has 0 atom stereocenters. The van der Waals surface area contributed by atoms with Crippen LogP contribution in [0.2, 0.25) is 5.02 Å². The first-order chi connectivity index (χ1) is 12.1. The third-order valence-corrected chi connectivity index (χ3v) is 5.28. The minimum Gasteiger partial charge on any atom is -0.295 e. The van der Waals surface area contributed by atoms with Crippen LogP contribution in [0.15, 0.2) is 76.5 Å². The molecule has 0 unspecified atom stereocenters. The molecule has 3 rings (SSSR count). The van der Waals surface area contributed by atoms with Crippen molar-refractivity contribution in [3.05, 3.63) is 82.9 Å². The largest absolute Gasteiger partial charge is 0.295 e. The number of nitrogens with zero attached hydrogens (tertiary/aromatic N) is 1. The second-order valence-electron chi connectivity index (χ2n) is 5.52. The number of benzene rings is 3. The van der Waals surface area contributed by atoms with Gasteiger partial charge in [-0.25, -0.2) is 0 Å². The van der Waals surface area contributed by atoms with Crippen molar-refractivity contribution in [2.75, 3.05) is 0 Å². The van der Waals surface area contributed by atoms with E-state index in [-0.39, 0.29) is 5.78 Å². The molecule has 25 heavy (non-hydrogen) atoms. The first-order valence-electron chi connectivity index (χ1n) is 7.66. The lowest BCUT2D eigenvalue weighted by Crippen LogP contribution is -1.90. The maximum Gasteiger partial charge on any atom is 0.159 e. The SMILES string of the molecule is CC(=O)c1ccc(Sc2ccc(-c3ccc(C#N)cc3)cc2Cl)cc1. The highest BCUT2D eigenvalue weighted by Crippen LogP contribution is 2.36. The van der Waals surface area contributed by atoms with Gasteiger partial charge in [0.25, 0.3) is 0 Å². The Morgan fingerprint density at radius 2 is 1.60 bits per heavy atom. The Kier molecular flexibility index (Phi) is 5.23. The van der Waals surface area contributed by atoms with Crippen LogP contribution in [0.25, 0.3) is 11.1 Å². The van der Waals surface area contributed by atoms with Gasteiger partial charge >= 0.3 is 0 Å². The molecule has 0 bridgehead atoms. The van der Waals surface area contributed by atoms with Crippen molar-refractivity contribution in [1.82, 2.24) is 0 Å². The molecule has 0 saturated carbocycles. The Hall–Kier alpha value is -2.54. The normalized spacial score (nSPS) is 10.3. The van der Waals surface area contributed by atoms with Gasteiger partial charge in [-0.15, -0.1) is 0 Å². The van der Waals surface area contributed by atoms with E-state index in [2.05, 4.69) is 6.07 Å². The average molecular weight is 364 g/mol. The van der Waals surface area contributed by atoms with Crippen LogP contribution in [0, 0.1) is 11.3 Å². The molecule has 0 aliphatic rings. The minimum absolute atomic E-state index is 0.0568. The summed E-state index contributed by atoms with van der Waals surface area (Å²) in [5.74, 6) is 0.0568. The Balaban J connectivity index is 1.81. The quantitative estimate of drug-likeness (QED) is 0.515. The first kappa shape index (κ1) is 17.3. The molecule has 3 aromatic carbocycles. The fraction of sp³-hybridized carbons (Fsp3) is 0.0476. The molecule has 3 aromatic rings. The van der Waals surface area contributed by atoms with Gasteiger partial charge in [0.05, 0.1) is 16.7 Å². The summed E-state index contributed by atoms with van der Waals surface area (Å²) in [6.07, 6.45) is 0. The van der Waals surface area contributed by atoms with Gasteiger partial charge in [-0.3, -0.25) is 4.79 Å². The van der Waals surface area contributed by atoms with Crippen molar-refractivity contribution in [3.8, 4) is 17.2 Å². The smallest absolute Gasteiger partial charge is 0.159 e. The third kappa shape index (κ3) is 4.11. The molecule has 0 aliphatic heterocycles. The van der Waals surface area contributed by atoms with Gasteiger partial charge in [-0.1, -0.05) is 53.7 Å². The number of Topliss-reactive ketones (excluding diaryl/α,β-unsaturated/α-hetero) is 1. The molecule has 0 amide bonds. The Morgan fingerprint density at radius 3 is 2.16 bits per heavy atom. The number of hydrogen-bond acceptors (Lipinski definition) is 3. The summed E-state index contributed by atoms with van der Waals surface area (Å²) in [6, 6.07) is 22.9.